The summed E-state index contributed by atoms with van der Waals surface area (Å²) in [6.45, 7) is 3.26. The molecule has 6 nitrogen and oxygen atoms in total. The Hall–Kier alpha value is -4.06. The van der Waals surface area contributed by atoms with Gasteiger partial charge in [-0.2, -0.15) is 0 Å². The molecule has 4 aromatic rings. The topological polar surface area (TPSA) is 54.9 Å². The highest BCUT2D eigenvalue weighted by Gasteiger charge is 2.23. The van der Waals surface area contributed by atoms with Gasteiger partial charge in [0.15, 0.2) is 0 Å². The molecule has 1 fully saturated rings. The van der Waals surface area contributed by atoms with Crippen molar-refractivity contribution in [1.29, 1.82) is 0 Å². The molecule has 0 spiro atoms. The molecule has 0 unspecified atom stereocenters. The van der Waals surface area contributed by atoms with Crippen molar-refractivity contribution in [2.75, 3.05) is 38.2 Å². The molecule has 1 aliphatic rings. The van der Waals surface area contributed by atoms with Crippen LogP contribution in [0.5, 0.6) is 11.5 Å². The van der Waals surface area contributed by atoms with Crippen LogP contribution in [0.25, 0.3) is 10.9 Å². The largest absolute Gasteiger partial charge is 0.495 e. The number of benzene rings is 3. The second kappa shape index (κ2) is 9.83. The van der Waals surface area contributed by atoms with E-state index in [4.69, 9.17) is 9.47 Å². The van der Waals surface area contributed by atoms with E-state index in [9.17, 15) is 4.79 Å². The molecule has 0 aliphatic carbocycles. The summed E-state index contributed by atoms with van der Waals surface area (Å²) >= 11 is 0. The maximum atomic E-state index is 13.0. The lowest BCUT2D eigenvalue weighted by Gasteiger charge is -2.36. The highest BCUT2D eigenvalue weighted by atomic mass is 16.5. The van der Waals surface area contributed by atoms with Gasteiger partial charge in [-0.05, 0) is 48.5 Å². The highest BCUT2D eigenvalue weighted by Crippen LogP contribution is 2.28. The Morgan fingerprint density at radius 2 is 1.59 bits per heavy atom. The summed E-state index contributed by atoms with van der Waals surface area (Å²) in [5.41, 5.74) is 3.56. The summed E-state index contributed by atoms with van der Waals surface area (Å²) in [6.07, 6.45) is 0. The number of piperazine rings is 1. The van der Waals surface area contributed by atoms with Crippen molar-refractivity contribution < 1.29 is 14.3 Å². The summed E-state index contributed by atoms with van der Waals surface area (Å²) in [6, 6.07) is 27.4. The number of carbonyl (C=O) groups excluding carboxylic acids is 1. The molecule has 1 aliphatic heterocycles. The van der Waals surface area contributed by atoms with E-state index in [0.29, 0.717) is 31.0 Å². The van der Waals surface area contributed by atoms with Crippen LogP contribution in [0.3, 0.4) is 0 Å². The van der Waals surface area contributed by atoms with Gasteiger partial charge >= 0.3 is 0 Å². The number of carbonyl (C=O) groups is 1. The van der Waals surface area contributed by atoms with Crippen molar-refractivity contribution in [1.82, 2.24) is 9.88 Å². The number of hydrogen-bond acceptors (Lipinski definition) is 5. The Morgan fingerprint density at radius 1 is 0.853 bits per heavy atom. The first-order valence-electron chi connectivity index (χ1n) is 11.5. The molecule has 3 aromatic carbocycles. The zero-order valence-corrected chi connectivity index (χ0v) is 19.2. The van der Waals surface area contributed by atoms with E-state index >= 15 is 0 Å². The lowest BCUT2D eigenvalue weighted by Crippen LogP contribution is -2.48. The molecule has 0 bridgehead atoms. The number of ether oxygens (including phenoxy) is 2. The quantitative estimate of drug-likeness (QED) is 0.420. The summed E-state index contributed by atoms with van der Waals surface area (Å²) in [7, 11) is 1.68. The summed E-state index contributed by atoms with van der Waals surface area (Å²) in [4.78, 5) is 21.8. The van der Waals surface area contributed by atoms with E-state index in [-0.39, 0.29) is 5.91 Å². The average molecular weight is 454 g/mol. The zero-order chi connectivity index (χ0) is 23.3. The number of rotatable bonds is 6. The van der Waals surface area contributed by atoms with Gasteiger partial charge in [0.05, 0.1) is 24.0 Å². The van der Waals surface area contributed by atoms with Crippen LogP contribution in [0, 0.1) is 0 Å². The van der Waals surface area contributed by atoms with Gasteiger partial charge in [0.2, 0.25) is 0 Å². The molecule has 0 saturated carbocycles. The van der Waals surface area contributed by atoms with Gasteiger partial charge in [-0.1, -0.05) is 36.4 Å². The fraction of sp³-hybridized carbons (Fsp3) is 0.214. The van der Waals surface area contributed by atoms with Gasteiger partial charge in [0.25, 0.3) is 5.91 Å². The molecule has 0 radical (unpaired) electrons. The van der Waals surface area contributed by atoms with Crippen molar-refractivity contribution in [2.24, 2.45) is 0 Å². The lowest BCUT2D eigenvalue weighted by molar-refractivity contribution is 0.0746. The molecule has 0 atom stereocenters. The summed E-state index contributed by atoms with van der Waals surface area (Å²) in [5, 5.41) is 1.11. The number of fused-ring (bicyclic) bond motifs is 1. The summed E-state index contributed by atoms with van der Waals surface area (Å²) in [5.74, 6) is 1.62. The zero-order valence-electron chi connectivity index (χ0n) is 19.2. The maximum absolute atomic E-state index is 13.0. The third-order valence-electron chi connectivity index (χ3n) is 6.14. The molecule has 1 saturated heterocycles. The molecule has 1 aromatic heterocycles. The minimum Gasteiger partial charge on any atom is -0.495 e. The summed E-state index contributed by atoms with van der Waals surface area (Å²) < 4.78 is 11.4. The third kappa shape index (κ3) is 4.66. The van der Waals surface area contributed by atoms with Crippen LogP contribution >= 0.6 is 0 Å². The second-order valence-corrected chi connectivity index (χ2v) is 8.26. The van der Waals surface area contributed by atoms with E-state index in [1.807, 2.05) is 77.7 Å². The number of anilines is 1. The lowest BCUT2D eigenvalue weighted by atomic mass is 10.1. The van der Waals surface area contributed by atoms with Crippen molar-refractivity contribution in [3.63, 3.8) is 0 Å². The second-order valence-electron chi connectivity index (χ2n) is 8.26. The average Bonchev–Trinajstić information content (AvgIpc) is 2.91. The van der Waals surface area contributed by atoms with Gasteiger partial charge in [0.1, 0.15) is 18.1 Å². The molecule has 6 heteroatoms. The Bertz CT molecular complexity index is 1280. The van der Waals surface area contributed by atoms with Crippen LogP contribution in [0.2, 0.25) is 0 Å². The number of hydrogen-bond donors (Lipinski definition) is 0. The van der Waals surface area contributed by atoms with Crippen LogP contribution in [-0.4, -0.2) is 49.1 Å². The van der Waals surface area contributed by atoms with Gasteiger partial charge in [0, 0.05) is 37.1 Å². The standard InChI is InChI=1S/C28H27N3O3/c1-33-27-9-5-4-8-26(27)30-16-18-31(19-17-30)28(32)22-11-14-24(15-12-22)34-20-23-13-10-21-6-2-3-7-25(21)29-23/h2-15H,16-20H2,1H3. The molecular formula is C28H27N3O3. The van der Waals surface area contributed by atoms with Crippen molar-refractivity contribution >= 4 is 22.5 Å². The van der Waals surface area contributed by atoms with Crippen LogP contribution in [0.1, 0.15) is 16.1 Å². The molecule has 34 heavy (non-hydrogen) atoms. The molecule has 2 heterocycles. The van der Waals surface area contributed by atoms with E-state index in [1.54, 1.807) is 7.11 Å². The monoisotopic (exact) mass is 453 g/mol. The fourth-order valence-electron chi connectivity index (χ4n) is 4.26. The van der Waals surface area contributed by atoms with E-state index in [2.05, 4.69) is 22.0 Å². The minimum absolute atomic E-state index is 0.0439. The SMILES string of the molecule is COc1ccccc1N1CCN(C(=O)c2ccc(OCc3ccc4ccccc4n3)cc2)CC1. The van der Waals surface area contributed by atoms with Crippen molar-refractivity contribution in [2.45, 2.75) is 6.61 Å². The Kier molecular flexibility index (Phi) is 6.29. The third-order valence-corrected chi connectivity index (χ3v) is 6.14. The van der Waals surface area contributed by atoms with Crippen LogP contribution < -0.4 is 14.4 Å². The van der Waals surface area contributed by atoms with Gasteiger partial charge in [-0.15, -0.1) is 0 Å². The normalized spacial score (nSPS) is 13.7. The van der Waals surface area contributed by atoms with Crippen molar-refractivity contribution in [3.05, 3.63) is 96.2 Å². The van der Waals surface area contributed by atoms with Crippen LogP contribution in [0.15, 0.2) is 84.9 Å². The fourth-order valence-corrected chi connectivity index (χ4v) is 4.26. The molecule has 0 N–H and O–H groups in total. The van der Waals surface area contributed by atoms with Crippen LogP contribution in [-0.2, 0) is 6.61 Å². The number of aromatic nitrogens is 1. The number of pyridine rings is 1. The van der Waals surface area contributed by atoms with Crippen LogP contribution in [0.4, 0.5) is 5.69 Å². The minimum atomic E-state index is 0.0439. The van der Waals surface area contributed by atoms with E-state index in [0.717, 1.165) is 41.1 Å². The van der Waals surface area contributed by atoms with Gasteiger partial charge < -0.3 is 19.3 Å². The first kappa shape index (κ1) is 21.8. The van der Waals surface area contributed by atoms with E-state index < -0.39 is 0 Å². The number of nitrogens with zero attached hydrogens (tertiary/aromatic N) is 3. The Labute approximate surface area is 199 Å². The molecule has 172 valence electrons. The highest BCUT2D eigenvalue weighted by molar-refractivity contribution is 5.94. The maximum Gasteiger partial charge on any atom is 0.253 e. The first-order valence-corrected chi connectivity index (χ1v) is 11.5. The smallest absolute Gasteiger partial charge is 0.253 e. The van der Waals surface area contributed by atoms with Crippen molar-refractivity contribution in [3.8, 4) is 11.5 Å². The van der Waals surface area contributed by atoms with E-state index in [1.165, 1.54) is 0 Å². The number of methoxy groups -OCH3 is 1. The Balaban J connectivity index is 1.17. The number of amides is 1. The van der Waals surface area contributed by atoms with Gasteiger partial charge in [-0.3, -0.25) is 4.79 Å². The first-order chi connectivity index (χ1) is 16.7. The number of para-hydroxylation sites is 3. The predicted molar refractivity (Wildman–Crippen MR) is 134 cm³/mol. The molecule has 5 rings (SSSR count). The Morgan fingerprint density at radius 3 is 2.38 bits per heavy atom. The van der Waals surface area contributed by atoms with Gasteiger partial charge in [-0.25, -0.2) is 4.98 Å². The molecule has 1 amide bonds. The predicted octanol–water partition coefficient (Wildman–Crippen LogP) is 4.78. The molecular weight excluding hydrogens is 426 g/mol.